The summed E-state index contributed by atoms with van der Waals surface area (Å²) in [6.45, 7) is 4.10. The van der Waals surface area contributed by atoms with Crippen LogP contribution in [0.25, 0.3) is 0 Å². The van der Waals surface area contributed by atoms with E-state index in [-0.39, 0.29) is 18.6 Å². The number of hydrogen-bond donors (Lipinski definition) is 3. The number of hydrogen-bond acceptors (Lipinski definition) is 2. The van der Waals surface area contributed by atoms with Gasteiger partial charge in [-0.2, -0.15) is 0 Å². The standard InChI is InChI=1S/C15H20N2O3/c1-10-3-5-12(6-4-10)11(2)17-14(20)16-9-15(7-8-15)13(18)19/h3-6,11H,7-9H2,1-2H3,(H,18,19)(H2,16,17,20). The van der Waals surface area contributed by atoms with Crippen LogP contribution in [0.4, 0.5) is 4.79 Å². The first kappa shape index (κ1) is 14.4. The van der Waals surface area contributed by atoms with E-state index < -0.39 is 11.4 Å². The van der Waals surface area contributed by atoms with E-state index >= 15 is 0 Å². The van der Waals surface area contributed by atoms with Gasteiger partial charge in [-0.1, -0.05) is 29.8 Å². The molecule has 1 aliphatic rings. The van der Waals surface area contributed by atoms with Crippen LogP contribution in [-0.2, 0) is 4.79 Å². The Morgan fingerprint density at radius 1 is 1.30 bits per heavy atom. The Balaban J connectivity index is 1.82. The largest absolute Gasteiger partial charge is 0.481 e. The Morgan fingerprint density at radius 3 is 2.40 bits per heavy atom. The van der Waals surface area contributed by atoms with Gasteiger partial charge in [0.05, 0.1) is 11.5 Å². The third kappa shape index (κ3) is 3.29. The van der Waals surface area contributed by atoms with Gasteiger partial charge in [0.1, 0.15) is 0 Å². The Labute approximate surface area is 118 Å². The lowest BCUT2D eigenvalue weighted by Crippen LogP contribution is -2.41. The summed E-state index contributed by atoms with van der Waals surface area (Å²) in [5.74, 6) is -0.829. The summed E-state index contributed by atoms with van der Waals surface area (Å²) in [7, 11) is 0. The van der Waals surface area contributed by atoms with E-state index in [9.17, 15) is 9.59 Å². The lowest BCUT2D eigenvalue weighted by atomic mass is 10.1. The second-order valence-corrected chi connectivity index (χ2v) is 5.54. The van der Waals surface area contributed by atoms with Gasteiger partial charge in [0, 0.05) is 6.54 Å². The second-order valence-electron chi connectivity index (χ2n) is 5.54. The SMILES string of the molecule is Cc1ccc(C(C)NC(=O)NCC2(C(=O)O)CC2)cc1. The van der Waals surface area contributed by atoms with Crippen molar-refractivity contribution >= 4 is 12.0 Å². The molecule has 1 aromatic carbocycles. The van der Waals surface area contributed by atoms with Crippen molar-refractivity contribution in [3.05, 3.63) is 35.4 Å². The maximum Gasteiger partial charge on any atom is 0.315 e. The van der Waals surface area contributed by atoms with Crippen molar-refractivity contribution in [1.29, 1.82) is 0 Å². The summed E-state index contributed by atoms with van der Waals surface area (Å²) in [5.41, 5.74) is 1.46. The summed E-state index contributed by atoms with van der Waals surface area (Å²) in [6, 6.07) is 7.49. The fraction of sp³-hybridized carbons (Fsp3) is 0.467. The number of rotatable bonds is 5. The number of carboxylic acids is 1. The highest BCUT2D eigenvalue weighted by Crippen LogP contribution is 2.45. The smallest absolute Gasteiger partial charge is 0.315 e. The van der Waals surface area contributed by atoms with Crippen molar-refractivity contribution in [3.8, 4) is 0 Å². The quantitative estimate of drug-likeness (QED) is 0.771. The lowest BCUT2D eigenvalue weighted by molar-refractivity contribution is -0.143. The molecule has 2 rings (SSSR count). The molecule has 1 fully saturated rings. The Kier molecular flexibility index (Phi) is 3.97. The summed E-state index contributed by atoms with van der Waals surface area (Å²) in [5, 5.41) is 14.5. The molecule has 0 saturated heterocycles. The van der Waals surface area contributed by atoms with Gasteiger partial charge in [-0.15, -0.1) is 0 Å². The van der Waals surface area contributed by atoms with Crippen molar-refractivity contribution in [1.82, 2.24) is 10.6 Å². The molecule has 3 N–H and O–H groups in total. The normalized spacial score (nSPS) is 17.1. The van der Waals surface area contributed by atoms with Gasteiger partial charge in [-0.25, -0.2) is 4.79 Å². The van der Waals surface area contributed by atoms with Crippen molar-refractivity contribution in [2.24, 2.45) is 5.41 Å². The minimum Gasteiger partial charge on any atom is -0.481 e. The fourth-order valence-corrected chi connectivity index (χ4v) is 2.05. The van der Waals surface area contributed by atoms with E-state index in [4.69, 9.17) is 5.11 Å². The van der Waals surface area contributed by atoms with Crippen LogP contribution >= 0.6 is 0 Å². The molecule has 1 saturated carbocycles. The number of nitrogens with one attached hydrogen (secondary N) is 2. The summed E-state index contributed by atoms with van der Waals surface area (Å²) in [4.78, 5) is 22.8. The van der Waals surface area contributed by atoms with Gasteiger partial charge in [0.15, 0.2) is 0 Å². The topological polar surface area (TPSA) is 78.4 Å². The number of carbonyl (C=O) groups is 2. The average molecular weight is 276 g/mol. The molecule has 20 heavy (non-hydrogen) atoms. The zero-order chi connectivity index (χ0) is 14.8. The Hall–Kier alpha value is -2.04. The molecule has 1 atom stereocenters. The number of benzene rings is 1. The molecule has 5 heteroatoms. The molecular formula is C15H20N2O3. The minimum absolute atomic E-state index is 0.115. The molecule has 0 bridgehead atoms. The van der Waals surface area contributed by atoms with E-state index in [2.05, 4.69) is 10.6 Å². The third-order valence-corrected chi connectivity index (χ3v) is 3.82. The van der Waals surface area contributed by atoms with Crippen molar-refractivity contribution < 1.29 is 14.7 Å². The van der Waals surface area contributed by atoms with Gasteiger partial charge in [0.25, 0.3) is 0 Å². The summed E-state index contributed by atoms with van der Waals surface area (Å²) >= 11 is 0. The Bertz CT molecular complexity index is 506. The third-order valence-electron chi connectivity index (χ3n) is 3.82. The van der Waals surface area contributed by atoms with E-state index in [1.165, 1.54) is 5.56 Å². The van der Waals surface area contributed by atoms with Gasteiger partial charge >= 0.3 is 12.0 Å². The fourth-order valence-electron chi connectivity index (χ4n) is 2.05. The van der Waals surface area contributed by atoms with Gasteiger partial charge in [0.2, 0.25) is 0 Å². The zero-order valence-electron chi connectivity index (χ0n) is 11.8. The highest BCUT2D eigenvalue weighted by atomic mass is 16.4. The number of carboxylic acid groups (broad SMARTS) is 1. The van der Waals surface area contributed by atoms with Crippen LogP contribution in [0.1, 0.15) is 36.9 Å². The van der Waals surface area contributed by atoms with E-state index in [0.717, 1.165) is 5.56 Å². The van der Waals surface area contributed by atoms with Crippen molar-refractivity contribution in [3.63, 3.8) is 0 Å². The molecule has 0 aromatic heterocycles. The number of aliphatic carboxylic acids is 1. The maximum absolute atomic E-state index is 11.8. The zero-order valence-corrected chi connectivity index (χ0v) is 11.8. The van der Waals surface area contributed by atoms with Crippen LogP contribution in [0, 0.1) is 12.3 Å². The van der Waals surface area contributed by atoms with Crippen molar-refractivity contribution in [2.45, 2.75) is 32.7 Å². The first-order valence-electron chi connectivity index (χ1n) is 6.77. The highest BCUT2D eigenvalue weighted by Gasteiger charge is 2.50. The van der Waals surface area contributed by atoms with E-state index in [1.54, 1.807) is 0 Å². The van der Waals surface area contributed by atoms with E-state index in [0.29, 0.717) is 12.8 Å². The maximum atomic E-state index is 11.8. The number of amides is 2. The van der Waals surface area contributed by atoms with Crippen molar-refractivity contribution in [2.75, 3.05) is 6.54 Å². The molecule has 2 amide bonds. The molecule has 0 spiro atoms. The molecular weight excluding hydrogens is 256 g/mol. The van der Waals surface area contributed by atoms with Crippen LogP contribution in [-0.4, -0.2) is 23.7 Å². The molecule has 1 aliphatic carbocycles. The predicted molar refractivity (Wildman–Crippen MR) is 75.4 cm³/mol. The van der Waals surface area contributed by atoms with Gasteiger partial charge in [-0.3, -0.25) is 4.79 Å². The number of carbonyl (C=O) groups excluding carboxylic acids is 1. The summed E-state index contributed by atoms with van der Waals surface area (Å²) in [6.07, 6.45) is 1.27. The average Bonchev–Trinajstić information content (AvgIpc) is 3.18. The predicted octanol–water partition coefficient (Wildman–Crippen LogP) is 2.22. The van der Waals surface area contributed by atoms with Crippen LogP contribution in [0.5, 0.6) is 0 Å². The monoisotopic (exact) mass is 276 g/mol. The summed E-state index contributed by atoms with van der Waals surface area (Å²) < 4.78 is 0. The number of urea groups is 1. The highest BCUT2D eigenvalue weighted by molar-refractivity contribution is 5.80. The van der Waals surface area contributed by atoms with Gasteiger partial charge in [-0.05, 0) is 32.3 Å². The van der Waals surface area contributed by atoms with Crippen LogP contribution < -0.4 is 10.6 Å². The van der Waals surface area contributed by atoms with Gasteiger partial charge < -0.3 is 15.7 Å². The Morgan fingerprint density at radius 2 is 1.90 bits per heavy atom. The molecule has 0 aliphatic heterocycles. The molecule has 108 valence electrons. The molecule has 1 aromatic rings. The molecule has 0 radical (unpaired) electrons. The van der Waals surface area contributed by atoms with Crippen LogP contribution in [0.3, 0.4) is 0 Å². The lowest BCUT2D eigenvalue weighted by Gasteiger charge is -2.17. The van der Waals surface area contributed by atoms with E-state index in [1.807, 2.05) is 38.1 Å². The molecule has 1 unspecified atom stereocenters. The number of aryl methyl sites for hydroxylation is 1. The minimum atomic E-state index is -0.829. The molecule has 0 heterocycles. The first-order valence-corrected chi connectivity index (χ1v) is 6.77. The van der Waals surface area contributed by atoms with Crippen LogP contribution in [0.2, 0.25) is 0 Å². The molecule has 5 nitrogen and oxygen atoms in total. The first-order chi connectivity index (χ1) is 9.43. The van der Waals surface area contributed by atoms with Crippen LogP contribution in [0.15, 0.2) is 24.3 Å². The second kappa shape index (κ2) is 5.53.